The van der Waals surface area contributed by atoms with Crippen molar-refractivity contribution in [3.63, 3.8) is 0 Å². The van der Waals surface area contributed by atoms with E-state index in [1.54, 1.807) is 29.1 Å². The molecule has 0 spiro atoms. The Morgan fingerprint density at radius 1 is 1.34 bits per heavy atom. The highest BCUT2D eigenvalue weighted by Gasteiger charge is 2.34. The van der Waals surface area contributed by atoms with Gasteiger partial charge in [-0.05, 0) is 25.0 Å². The molecule has 0 fully saturated rings. The Morgan fingerprint density at radius 2 is 2.09 bits per heavy atom. The summed E-state index contributed by atoms with van der Waals surface area (Å²) in [5.74, 6) is 6.01. The Labute approximate surface area is 208 Å². The molecule has 1 aromatic carbocycles. The number of aliphatic hydroxyl groups excluding tert-OH is 1. The van der Waals surface area contributed by atoms with Crippen molar-refractivity contribution in [2.45, 2.75) is 52.2 Å². The third kappa shape index (κ3) is 6.83. The molecule has 2 amide bonds. The van der Waals surface area contributed by atoms with Crippen molar-refractivity contribution >= 4 is 11.8 Å². The highest BCUT2D eigenvalue weighted by molar-refractivity contribution is 5.97. The molecule has 0 aliphatic carbocycles. The zero-order valence-electron chi connectivity index (χ0n) is 21.0. The molecule has 2 aromatic rings. The van der Waals surface area contributed by atoms with E-state index in [-0.39, 0.29) is 42.4 Å². The van der Waals surface area contributed by atoms with Crippen molar-refractivity contribution < 1.29 is 19.4 Å². The second-order valence-corrected chi connectivity index (χ2v) is 9.19. The number of aliphatic hydroxyl groups is 1. The molecule has 35 heavy (non-hydrogen) atoms. The maximum atomic E-state index is 13.4. The minimum Gasteiger partial charge on any atom is -0.472 e. The van der Waals surface area contributed by atoms with E-state index in [0.29, 0.717) is 30.6 Å². The maximum Gasteiger partial charge on any atom is 0.259 e. The Balaban J connectivity index is 1.87. The molecule has 7 heteroatoms. The average molecular weight is 478 g/mol. The lowest BCUT2D eigenvalue weighted by molar-refractivity contribution is -0.130. The molecule has 0 radical (unpaired) electrons. The summed E-state index contributed by atoms with van der Waals surface area (Å²) in [5, 5.41) is 9.81. The van der Waals surface area contributed by atoms with Crippen LogP contribution in [0.3, 0.4) is 0 Å². The summed E-state index contributed by atoms with van der Waals surface area (Å²) in [6.07, 6.45) is 3.25. The lowest BCUT2D eigenvalue weighted by atomic mass is 9.99. The first kappa shape index (κ1) is 26.2. The van der Waals surface area contributed by atoms with Gasteiger partial charge < -0.3 is 19.6 Å². The first-order valence-electron chi connectivity index (χ1n) is 12.2. The van der Waals surface area contributed by atoms with Gasteiger partial charge in [0.05, 0.1) is 25.6 Å². The number of aromatic nitrogens is 1. The Kier molecular flexibility index (Phi) is 9.27. The molecule has 0 unspecified atom stereocenters. The van der Waals surface area contributed by atoms with Crippen molar-refractivity contribution in [1.29, 1.82) is 0 Å². The van der Waals surface area contributed by atoms with Gasteiger partial charge in [-0.2, -0.15) is 0 Å². The summed E-state index contributed by atoms with van der Waals surface area (Å²) in [5.41, 5.74) is 1.92. The van der Waals surface area contributed by atoms with Crippen molar-refractivity contribution in [3.05, 3.63) is 59.3 Å². The number of likely N-dealkylation sites (N-methyl/N-ethyl adjacent to an activating group) is 1. The van der Waals surface area contributed by atoms with Crippen LogP contribution in [0.25, 0.3) is 0 Å². The van der Waals surface area contributed by atoms with E-state index in [9.17, 15) is 14.7 Å². The fraction of sp³-hybridized carbons (Fsp3) is 0.464. The van der Waals surface area contributed by atoms with Crippen LogP contribution in [0.4, 0.5) is 0 Å². The van der Waals surface area contributed by atoms with E-state index in [4.69, 9.17) is 4.74 Å². The molecule has 1 aromatic heterocycles. The Morgan fingerprint density at radius 3 is 2.77 bits per heavy atom. The monoisotopic (exact) mass is 477 g/mol. The van der Waals surface area contributed by atoms with Gasteiger partial charge in [-0.15, -0.1) is 0 Å². The molecule has 7 nitrogen and oxygen atoms in total. The number of rotatable bonds is 7. The first-order chi connectivity index (χ1) is 16.8. The fourth-order valence-electron chi connectivity index (χ4n) is 3.96. The van der Waals surface area contributed by atoms with Crippen molar-refractivity contribution in [3.8, 4) is 17.7 Å². The van der Waals surface area contributed by atoms with Crippen molar-refractivity contribution in [2.75, 3.05) is 26.7 Å². The summed E-state index contributed by atoms with van der Waals surface area (Å²) >= 11 is 0. The number of ether oxygens (including phenoxy) is 1. The van der Waals surface area contributed by atoms with Crippen LogP contribution in [-0.4, -0.2) is 70.6 Å². The van der Waals surface area contributed by atoms with Crippen LogP contribution in [-0.2, 0) is 11.2 Å². The van der Waals surface area contributed by atoms with E-state index in [1.807, 2.05) is 44.2 Å². The van der Waals surface area contributed by atoms with Gasteiger partial charge in [0, 0.05) is 37.7 Å². The average Bonchev–Trinajstić information content (AvgIpc) is 2.86. The fourth-order valence-corrected chi connectivity index (χ4v) is 3.96. The smallest absolute Gasteiger partial charge is 0.259 e. The van der Waals surface area contributed by atoms with E-state index >= 15 is 0 Å². The minimum atomic E-state index is -0.385. The second kappa shape index (κ2) is 12.4. The SMILES string of the molecule is CCCC#Cc1cnc2c(c1)C(=O)N([C@@H](C)CO)C[C@@H](C)[C@H](CN(C)C(=O)Cc1ccccc1)O2. The number of amides is 2. The lowest BCUT2D eigenvalue weighted by Crippen LogP contribution is -2.50. The Hall–Kier alpha value is -3.37. The first-order valence-corrected chi connectivity index (χ1v) is 12.2. The summed E-state index contributed by atoms with van der Waals surface area (Å²) in [6.45, 7) is 6.44. The molecular weight excluding hydrogens is 442 g/mol. The number of carbonyl (C=O) groups excluding carboxylic acids is 2. The minimum absolute atomic E-state index is 0.0135. The van der Waals surface area contributed by atoms with Crippen molar-refractivity contribution in [1.82, 2.24) is 14.8 Å². The molecule has 2 heterocycles. The predicted octanol–water partition coefficient (Wildman–Crippen LogP) is 3.15. The van der Waals surface area contributed by atoms with E-state index in [0.717, 1.165) is 18.4 Å². The number of fused-ring (bicyclic) bond motifs is 1. The van der Waals surface area contributed by atoms with Crippen LogP contribution < -0.4 is 4.74 Å². The number of hydrogen-bond donors (Lipinski definition) is 1. The van der Waals surface area contributed by atoms with Gasteiger partial charge >= 0.3 is 0 Å². The molecule has 1 aliphatic heterocycles. The van der Waals surface area contributed by atoms with Crippen LogP contribution >= 0.6 is 0 Å². The number of carbonyl (C=O) groups is 2. The van der Waals surface area contributed by atoms with Crippen LogP contribution in [0, 0.1) is 17.8 Å². The molecule has 1 N–H and O–H groups in total. The van der Waals surface area contributed by atoms with Gasteiger partial charge in [-0.25, -0.2) is 4.98 Å². The van der Waals surface area contributed by atoms with Crippen LogP contribution in [0.2, 0.25) is 0 Å². The van der Waals surface area contributed by atoms with Crippen molar-refractivity contribution in [2.24, 2.45) is 5.92 Å². The van der Waals surface area contributed by atoms with Gasteiger partial charge in [0.1, 0.15) is 11.7 Å². The molecule has 3 atom stereocenters. The quantitative estimate of drug-likeness (QED) is 0.620. The van der Waals surface area contributed by atoms with Crippen LogP contribution in [0.15, 0.2) is 42.6 Å². The maximum absolute atomic E-state index is 13.4. The van der Waals surface area contributed by atoms with Gasteiger partial charge in [-0.3, -0.25) is 9.59 Å². The van der Waals surface area contributed by atoms with Gasteiger partial charge in [0.25, 0.3) is 5.91 Å². The van der Waals surface area contributed by atoms with Crippen LogP contribution in [0.1, 0.15) is 55.1 Å². The van der Waals surface area contributed by atoms with E-state index in [2.05, 4.69) is 23.7 Å². The summed E-state index contributed by atoms with van der Waals surface area (Å²) in [6, 6.07) is 11.0. The second-order valence-electron chi connectivity index (χ2n) is 9.19. The van der Waals surface area contributed by atoms with E-state index in [1.165, 1.54) is 0 Å². The number of pyridine rings is 1. The third-order valence-electron chi connectivity index (χ3n) is 6.21. The lowest BCUT2D eigenvalue weighted by Gasteiger charge is -2.37. The molecule has 0 saturated heterocycles. The standard InChI is InChI=1S/C28H35N3O4/c1-5-6-8-13-23-14-24-27(29-16-23)35-25(20(2)17-31(28(24)34)21(3)19-32)18-30(4)26(33)15-22-11-9-7-10-12-22/h7,9-12,14,16,20-21,25,32H,5-6,15,17-19H2,1-4H3/t20-,21+,25+/m1/s1. The highest BCUT2D eigenvalue weighted by atomic mass is 16.5. The summed E-state index contributed by atoms with van der Waals surface area (Å²) < 4.78 is 6.27. The predicted molar refractivity (Wildman–Crippen MR) is 135 cm³/mol. The molecule has 186 valence electrons. The Bertz CT molecular complexity index is 1080. The van der Waals surface area contributed by atoms with Crippen LogP contribution in [0.5, 0.6) is 5.88 Å². The molecule has 0 saturated carbocycles. The highest BCUT2D eigenvalue weighted by Crippen LogP contribution is 2.27. The van der Waals surface area contributed by atoms with Gasteiger partial charge in [-0.1, -0.05) is 56.0 Å². The summed E-state index contributed by atoms with van der Waals surface area (Å²) in [7, 11) is 1.76. The topological polar surface area (TPSA) is 83.0 Å². The summed E-state index contributed by atoms with van der Waals surface area (Å²) in [4.78, 5) is 34.1. The molecular formula is C28H35N3O4. The van der Waals surface area contributed by atoms with Gasteiger partial charge in [0.15, 0.2) is 0 Å². The molecule has 3 rings (SSSR count). The number of nitrogens with zero attached hydrogens (tertiary/aromatic N) is 3. The zero-order chi connectivity index (χ0) is 25.4. The van der Waals surface area contributed by atoms with E-state index < -0.39 is 0 Å². The third-order valence-corrected chi connectivity index (χ3v) is 6.21. The number of benzene rings is 1. The normalized spacial score (nSPS) is 18.3. The molecule has 1 aliphatic rings. The van der Waals surface area contributed by atoms with Gasteiger partial charge in [0.2, 0.25) is 11.8 Å². The number of unbranched alkanes of at least 4 members (excludes halogenated alkanes) is 1. The zero-order valence-corrected chi connectivity index (χ0v) is 21.0. The molecule has 0 bridgehead atoms. The number of hydrogen-bond acceptors (Lipinski definition) is 5. The largest absolute Gasteiger partial charge is 0.472 e.